The highest BCUT2D eigenvalue weighted by Crippen LogP contribution is 2.35. The molecule has 2 aromatic heterocycles. The van der Waals surface area contributed by atoms with Crippen LogP contribution in [0, 0.1) is 0 Å². The lowest BCUT2D eigenvalue weighted by molar-refractivity contribution is 1.02. The second-order valence-electron chi connectivity index (χ2n) is 11.7. The van der Waals surface area contributed by atoms with Crippen LogP contribution in [0.15, 0.2) is 146 Å². The molecule has 0 N–H and O–H groups in total. The van der Waals surface area contributed by atoms with Gasteiger partial charge < -0.3 is 9.13 Å². The third kappa shape index (κ3) is 3.88. The predicted molar refractivity (Wildman–Crippen MR) is 186 cm³/mol. The molecule has 1 aliphatic rings. The minimum absolute atomic E-state index is 1.09. The number of fused-ring (bicyclic) bond motifs is 6. The van der Waals surface area contributed by atoms with Crippen molar-refractivity contribution in [1.29, 1.82) is 0 Å². The molecule has 2 nitrogen and oxygen atoms in total. The maximum atomic E-state index is 2.41. The van der Waals surface area contributed by atoms with Crippen LogP contribution in [0.3, 0.4) is 0 Å². The van der Waals surface area contributed by atoms with Crippen molar-refractivity contribution in [2.75, 3.05) is 0 Å². The molecular weight excluding hydrogens is 532 g/mol. The van der Waals surface area contributed by atoms with Gasteiger partial charge in [-0.2, -0.15) is 0 Å². The van der Waals surface area contributed by atoms with Gasteiger partial charge in [0.1, 0.15) is 0 Å². The van der Waals surface area contributed by atoms with Gasteiger partial charge in [0.05, 0.1) is 16.6 Å². The molecule has 0 spiro atoms. The van der Waals surface area contributed by atoms with Gasteiger partial charge in [-0.05, 0) is 89.7 Å². The first-order valence-electron chi connectivity index (χ1n) is 15.4. The molecule has 208 valence electrons. The highest BCUT2D eigenvalue weighted by atomic mass is 15.0. The van der Waals surface area contributed by atoms with E-state index in [4.69, 9.17) is 0 Å². The SMILES string of the molecule is C1=c2c(n(-c3ccccc3)c3ccc(-c4ccc(-c5ccc6c(c5)c5ccccc5n6-c5ccccc5)cc4)cc23)=CCC1. The summed E-state index contributed by atoms with van der Waals surface area (Å²) in [7, 11) is 0. The number of benzene rings is 6. The molecule has 0 radical (unpaired) electrons. The summed E-state index contributed by atoms with van der Waals surface area (Å²) in [6.07, 6.45) is 6.98. The minimum atomic E-state index is 1.09. The Morgan fingerprint density at radius 3 is 1.55 bits per heavy atom. The van der Waals surface area contributed by atoms with Gasteiger partial charge in [-0.3, -0.25) is 0 Å². The molecule has 8 aromatic rings. The number of nitrogens with zero attached hydrogens (tertiary/aromatic N) is 2. The van der Waals surface area contributed by atoms with Crippen LogP contribution in [0.2, 0.25) is 0 Å². The standard InChI is InChI=1S/C42H30N2/c1-3-11-33(12-4-1)43-39-17-9-7-15-35(39)37-27-31(23-25-41(37)43)29-19-21-30(22-20-29)32-24-26-42-38(28-32)36-16-8-10-18-40(36)44(42)34-13-5-2-6-14-34/h1-7,9,11-28H,8,10H2. The van der Waals surface area contributed by atoms with Gasteiger partial charge in [-0.25, -0.2) is 0 Å². The number of rotatable bonds is 4. The molecule has 9 rings (SSSR count). The number of aromatic nitrogens is 2. The smallest absolute Gasteiger partial charge is 0.0541 e. The van der Waals surface area contributed by atoms with E-state index in [2.05, 4.69) is 167 Å². The Hall–Kier alpha value is -5.60. The van der Waals surface area contributed by atoms with Crippen LogP contribution in [0.4, 0.5) is 0 Å². The molecule has 0 bridgehead atoms. The lowest BCUT2D eigenvalue weighted by Crippen LogP contribution is -2.30. The normalized spacial score (nSPS) is 12.7. The average Bonchev–Trinajstić information content (AvgIpc) is 3.61. The maximum absolute atomic E-state index is 2.41. The zero-order chi connectivity index (χ0) is 29.0. The zero-order valence-electron chi connectivity index (χ0n) is 24.3. The van der Waals surface area contributed by atoms with E-state index in [0.717, 1.165) is 12.8 Å². The summed E-state index contributed by atoms with van der Waals surface area (Å²) in [5.41, 5.74) is 11.1. The van der Waals surface area contributed by atoms with Gasteiger partial charge >= 0.3 is 0 Å². The molecule has 44 heavy (non-hydrogen) atoms. The van der Waals surface area contributed by atoms with E-state index in [1.54, 1.807) is 0 Å². The Morgan fingerprint density at radius 2 is 0.864 bits per heavy atom. The molecule has 1 aliphatic carbocycles. The van der Waals surface area contributed by atoms with Crippen LogP contribution in [-0.4, -0.2) is 9.13 Å². The molecule has 0 amide bonds. The van der Waals surface area contributed by atoms with Gasteiger partial charge in [0, 0.05) is 38.1 Å². The van der Waals surface area contributed by atoms with E-state index in [1.165, 1.54) is 76.9 Å². The monoisotopic (exact) mass is 562 g/mol. The molecule has 0 saturated carbocycles. The largest absolute Gasteiger partial charge is 0.310 e. The summed E-state index contributed by atoms with van der Waals surface area (Å²) in [6.45, 7) is 0. The molecule has 0 atom stereocenters. The van der Waals surface area contributed by atoms with Crippen LogP contribution in [-0.2, 0) is 0 Å². The fourth-order valence-electron chi connectivity index (χ4n) is 7.10. The Balaban J connectivity index is 1.13. The molecular formula is C42H30N2. The summed E-state index contributed by atoms with van der Waals surface area (Å²) in [4.78, 5) is 0. The highest BCUT2D eigenvalue weighted by molar-refractivity contribution is 6.10. The number of hydrogen-bond donors (Lipinski definition) is 0. The third-order valence-corrected chi connectivity index (χ3v) is 9.15. The summed E-state index contributed by atoms with van der Waals surface area (Å²) in [5, 5.41) is 6.54. The third-order valence-electron chi connectivity index (χ3n) is 9.15. The Morgan fingerprint density at radius 1 is 0.364 bits per heavy atom. The van der Waals surface area contributed by atoms with Crippen molar-refractivity contribution in [3.63, 3.8) is 0 Å². The van der Waals surface area contributed by atoms with E-state index >= 15 is 0 Å². The van der Waals surface area contributed by atoms with Crippen molar-refractivity contribution in [2.24, 2.45) is 0 Å². The molecule has 0 fully saturated rings. The average molecular weight is 563 g/mol. The first-order chi connectivity index (χ1) is 21.8. The van der Waals surface area contributed by atoms with E-state index in [1.807, 2.05) is 0 Å². The quantitative estimate of drug-likeness (QED) is 0.202. The van der Waals surface area contributed by atoms with Crippen LogP contribution in [0.25, 0.3) is 78.5 Å². The van der Waals surface area contributed by atoms with Crippen LogP contribution in [0.1, 0.15) is 12.8 Å². The lowest BCUT2D eigenvalue weighted by atomic mass is 9.98. The van der Waals surface area contributed by atoms with Gasteiger partial charge in [0.25, 0.3) is 0 Å². The first-order valence-corrected chi connectivity index (χ1v) is 15.4. The Kier molecular flexibility index (Phi) is 5.67. The van der Waals surface area contributed by atoms with Gasteiger partial charge in [0.15, 0.2) is 0 Å². The Labute approximate surface area is 256 Å². The molecule has 2 heterocycles. The van der Waals surface area contributed by atoms with Crippen molar-refractivity contribution in [1.82, 2.24) is 9.13 Å². The molecule has 0 aliphatic heterocycles. The van der Waals surface area contributed by atoms with Crippen molar-refractivity contribution in [3.8, 4) is 33.6 Å². The fraction of sp³-hybridized carbons (Fsp3) is 0.0476. The maximum Gasteiger partial charge on any atom is 0.0541 e. The Bertz CT molecular complexity index is 2460. The summed E-state index contributed by atoms with van der Waals surface area (Å²) in [6, 6.07) is 53.0. The topological polar surface area (TPSA) is 9.86 Å². The van der Waals surface area contributed by atoms with Crippen LogP contribution < -0.4 is 10.6 Å². The van der Waals surface area contributed by atoms with Crippen molar-refractivity contribution in [3.05, 3.63) is 156 Å². The lowest BCUT2D eigenvalue weighted by Gasteiger charge is -2.09. The second-order valence-corrected chi connectivity index (χ2v) is 11.7. The number of hydrogen-bond acceptors (Lipinski definition) is 0. The van der Waals surface area contributed by atoms with Crippen LogP contribution >= 0.6 is 0 Å². The molecule has 0 unspecified atom stereocenters. The molecule has 0 saturated heterocycles. The minimum Gasteiger partial charge on any atom is -0.310 e. The summed E-state index contributed by atoms with van der Waals surface area (Å²) in [5.74, 6) is 0. The van der Waals surface area contributed by atoms with Gasteiger partial charge in [0.2, 0.25) is 0 Å². The predicted octanol–water partition coefficient (Wildman–Crippen LogP) is 9.42. The van der Waals surface area contributed by atoms with E-state index in [-0.39, 0.29) is 0 Å². The zero-order valence-corrected chi connectivity index (χ0v) is 24.3. The van der Waals surface area contributed by atoms with E-state index < -0.39 is 0 Å². The van der Waals surface area contributed by atoms with Crippen molar-refractivity contribution in [2.45, 2.75) is 12.8 Å². The highest BCUT2D eigenvalue weighted by Gasteiger charge is 2.14. The van der Waals surface area contributed by atoms with Crippen molar-refractivity contribution >= 4 is 44.9 Å². The number of para-hydroxylation sites is 3. The second kappa shape index (κ2) is 10.00. The van der Waals surface area contributed by atoms with E-state index in [9.17, 15) is 0 Å². The first kappa shape index (κ1) is 24.9. The molecule has 2 heteroatoms. The summed E-state index contributed by atoms with van der Waals surface area (Å²) >= 11 is 0. The molecule has 6 aromatic carbocycles. The van der Waals surface area contributed by atoms with Crippen molar-refractivity contribution < 1.29 is 0 Å². The van der Waals surface area contributed by atoms with E-state index in [0.29, 0.717) is 0 Å². The van der Waals surface area contributed by atoms with Gasteiger partial charge in [-0.1, -0.05) is 103 Å². The van der Waals surface area contributed by atoms with Crippen LogP contribution in [0.5, 0.6) is 0 Å². The van der Waals surface area contributed by atoms with Gasteiger partial charge in [-0.15, -0.1) is 0 Å². The summed E-state index contributed by atoms with van der Waals surface area (Å²) < 4.78 is 4.78. The fourth-order valence-corrected chi connectivity index (χ4v) is 7.10.